The highest BCUT2D eigenvalue weighted by atomic mass is 32.2. The molecule has 1 aromatic carbocycles. The minimum absolute atomic E-state index is 0.284. The van der Waals surface area contributed by atoms with Crippen LogP contribution in [-0.2, 0) is 10.8 Å². The van der Waals surface area contributed by atoms with E-state index in [0.29, 0.717) is 10.8 Å². The molecule has 0 fully saturated rings. The van der Waals surface area contributed by atoms with Crippen LogP contribution >= 0.6 is 0 Å². The van der Waals surface area contributed by atoms with Crippen LogP contribution in [0.3, 0.4) is 0 Å². The van der Waals surface area contributed by atoms with Gasteiger partial charge in [0.15, 0.2) is 5.16 Å². The van der Waals surface area contributed by atoms with Crippen LogP contribution in [0, 0.1) is 0 Å². The first-order valence-electron chi connectivity index (χ1n) is 4.90. The molecule has 2 rings (SSSR count). The standard InChI is InChI=1S/C10H12FN3OS/c11-4-1-5-16(15)10-13-8-3-2-7(12)6-9(8)14-10/h2-3,6H,1,4-5,12H2,(H,13,14). The summed E-state index contributed by atoms with van der Waals surface area (Å²) < 4.78 is 23.6. The third-order valence-electron chi connectivity index (χ3n) is 2.16. The topological polar surface area (TPSA) is 71.8 Å². The van der Waals surface area contributed by atoms with Crippen LogP contribution in [0.15, 0.2) is 23.4 Å². The van der Waals surface area contributed by atoms with Crippen molar-refractivity contribution in [2.45, 2.75) is 11.6 Å². The molecular weight excluding hydrogens is 229 g/mol. The van der Waals surface area contributed by atoms with Crippen molar-refractivity contribution >= 4 is 27.5 Å². The second kappa shape index (κ2) is 4.61. The van der Waals surface area contributed by atoms with Crippen molar-refractivity contribution in [2.75, 3.05) is 18.2 Å². The van der Waals surface area contributed by atoms with Gasteiger partial charge >= 0.3 is 0 Å². The maximum absolute atomic E-state index is 11.9. The number of nitrogens with one attached hydrogen (secondary N) is 1. The Kier molecular flexibility index (Phi) is 3.19. The monoisotopic (exact) mass is 241 g/mol. The van der Waals surface area contributed by atoms with Crippen LogP contribution in [0.2, 0.25) is 0 Å². The molecule has 0 saturated heterocycles. The number of benzene rings is 1. The van der Waals surface area contributed by atoms with E-state index in [9.17, 15) is 8.60 Å². The lowest BCUT2D eigenvalue weighted by molar-refractivity contribution is 0.487. The summed E-state index contributed by atoms with van der Waals surface area (Å²) in [7, 11) is -1.27. The van der Waals surface area contributed by atoms with Crippen LogP contribution in [0.25, 0.3) is 11.0 Å². The zero-order valence-corrected chi connectivity index (χ0v) is 9.39. The van der Waals surface area contributed by atoms with E-state index in [1.165, 1.54) is 0 Å². The minimum atomic E-state index is -1.27. The molecule has 0 aliphatic carbocycles. The number of aromatic amines is 1. The van der Waals surface area contributed by atoms with Crippen LogP contribution in [-0.4, -0.2) is 26.6 Å². The zero-order valence-electron chi connectivity index (χ0n) is 8.57. The maximum atomic E-state index is 11.9. The average Bonchev–Trinajstić information content (AvgIpc) is 2.68. The fourth-order valence-electron chi connectivity index (χ4n) is 1.39. The summed E-state index contributed by atoms with van der Waals surface area (Å²) in [6.07, 6.45) is 0.284. The molecule has 1 heterocycles. The second-order valence-corrected chi connectivity index (χ2v) is 4.90. The number of rotatable bonds is 4. The number of anilines is 1. The highest BCUT2D eigenvalue weighted by molar-refractivity contribution is 7.84. The zero-order chi connectivity index (χ0) is 11.5. The summed E-state index contributed by atoms with van der Waals surface area (Å²) in [6.45, 7) is -0.459. The third kappa shape index (κ3) is 2.21. The smallest absolute Gasteiger partial charge is 0.197 e. The number of nitrogens with two attached hydrogens (primary N) is 1. The van der Waals surface area contributed by atoms with E-state index in [2.05, 4.69) is 9.97 Å². The number of imidazole rings is 1. The van der Waals surface area contributed by atoms with Gasteiger partial charge in [0, 0.05) is 11.4 Å². The van der Waals surface area contributed by atoms with Gasteiger partial charge in [0.05, 0.1) is 28.5 Å². The Hall–Kier alpha value is -1.43. The number of fused-ring (bicyclic) bond motifs is 1. The van der Waals surface area contributed by atoms with Crippen molar-refractivity contribution in [2.24, 2.45) is 0 Å². The fraction of sp³-hybridized carbons (Fsp3) is 0.300. The molecular formula is C10H12FN3OS. The number of H-pyrrole nitrogens is 1. The quantitative estimate of drug-likeness (QED) is 0.799. The SMILES string of the molecule is Nc1ccc2nc(S(=O)CCCF)[nH]c2c1. The Morgan fingerprint density at radius 2 is 2.31 bits per heavy atom. The lowest BCUT2D eigenvalue weighted by atomic mass is 10.3. The Morgan fingerprint density at radius 1 is 1.50 bits per heavy atom. The van der Waals surface area contributed by atoms with Gasteiger partial charge in [-0.2, -0.15) is 0 Å². The molecule has 86 valence electrons. The molecule has 0 spiro atoms. The van der Waals surface area contributed by atoms with E-state index in [-0.39, 0.29) is 12.2 Å². The third-order valence-corrected chi connectivity index (χ3v) is 3.45. The highest BCUT2D eigenvalue weighted by Crippen LogP contribution is 2.16. The fourth-order valence-corrected chi connectivity index (χ4v) is 2.38. The van der Waals surface area contributed by atoms with Gasteiger partial charge in [-0.3, -0.25) is 8.60 Å². The van der Waals surface area contributed by atoms with E-state index in [1.54, 1.807) is 18.2 Å². The molecule has 1 aromatic heterocycles. The summed E-state index contributed by atoms with van der Waals surface area (Å²) in [5, 5.41) is 0.383. The average molecular weight is 241 g/mol. The molecule has 6 heteroatoms. The number of hydrogen-bond acceptors (Lipinski definition) is 3. The van der Waals surface area contributed by atoms with Crippen molar-refractivity contribution in [1.29, 1.82) is 0 Å². The van der Waals surface area contributed by atoms with Crippen molar-refractivity contribution < 1.29 is 8.60 Å². The van der Waals surface area contributed by atoms with Gasteiger partial charge in [-0.15, -0.1) is 0 Å². The van der Waals surface area contributed by atoms with Crippen molar-refractivity contribution in [3.8, 4) is 0 Å². The lowest BCUT2D eigenvalue weighted by Gasteiger charge is -1.94. The molecule has 0 radical (unpaired) electrons. The van der Waals surface area contributed by atoms with E-state index in [4.69, 9.17) is 5.73 Å². The van der Waals surface area contributed by atoms with Crippen LogP contribution in [0.1, 0.15) is 6.42 Å². The minimum Gasteiger partial charge on any atom is -0.399 e. The molecule has 0 amide bonds. The Labute approximate surface area is 94.5 Å². The van der Waals surface area contributed by atoms with Gasteiger partial charge in [0.25, 0.3) is 0 Å². The van der Waals surface area contributed by atoms with Crippen LogP contribution < -0.4 is 5.73 Å². The number of aromatic nitrogens is 2. The van der Waals surface area contributed by atoms with Gasteiger partial charge in [-0.25, -0.2) is 4.98 Å². The summed E-state index contributed by atoms with van der Waals surface area (Å²) in [6, 6.07) is 5.23. The molecule has 0 bridgehead atoms. The molecule has 2 aromatic rings. The largest absolute Gasteiger partial charge is 0.399 e. The Morgan fingerprint density at radius 3 is 3.06 bits per heavy atom. The van der Waals surface area contributed by atoms with Gasteiger partial charge < -0.3 is 10.7 Å². The number of alkyl halides is 1. The number of nitrogen functional groups attached to an aromatic ring is 1. The summed E-state index contributed by atoms with van der Waals surface area (Å²) in [5.41, 5.74) is 7.71. The highest BCUT2D eigenvalue weighted by Gasteiger charge is 2.09. The second-order valence-electron chi connectivity index (χ2n) is 3.41. The number of halogens is 1. The summed E-state index contributed by atoms with van der Waals surface area (Å²) >= 11 is 0. The summed E-state index contributed by atoms with van der Waals surface area (Å²) in [4.78, 5) is 7.10. The molecule has 4 nitrogen and oxygen atoms in total. The molecule has 0 saturated carbocycles. The van der Waals surface area contributed by atoms with Gasteiger partial charge in [0.1, 0.15) is 0 Å². The predicted molar refractivity (Wildman–Crippen MR) is 62.4 cm³/mol. The first-order valence-corrected chi connectivity index (χ1v) is 6.22. The molecule has 1 atom stereocenters. The van der Waals surface area contributed by atoms with Gasteiger partial charge in [-0.05, 0) is 24.6 Å². The van der Waals surface area contributed by atoms with Gasteiger partial charge in [-0.1, -0.05) is 0 Å². The maximum Gasteiger partial charge on any atom is 0.197 e. The van der Waals surface area contributed by atoms with Crippen LogP contribution in [0.4, 0.5) is 10.1 Å². The lowest BCUT2D eigenvalue weighted by Crippen LogP contribution is -2.00. The Balaban J connectivity index is 2.28. The number of hydrogen-bond donors (Lipinski definition) is 2. The van der Waals surface area contributed by atoms with Crippen molar-refractivity contribution in [1.82, 2.24) is 9.97 Å². The van der Waals surface area contributed by atoms with E-state index < -0.39 is 17.5 Å². The van der Waals surface area contributed by atoms with Crippen molar-refractivity contribution in [3.05, 3.63) is 18.2 Å². The Bertz CT molecular complexity index is 526. The van der Waals surface area contributed by atoms with E-state index in [0.717, 1.165) is 11.0 Å². The summed E-state index contributed by atoms with van der Waals surface area (Å²) in [5.74, 6) is 0.284. The molecule has 1 unspecified atom stereocenters. The number of nitrogens with zero attached hydrogens (tertiary/aromatic N) is 1. The first kappa shape index (κ1) is 11.1. The predicted octanol–water partition coefficient (Wildman–Crippen LogP) is 1.61. The molecule has 16 heavy (non-hydrogen) atoms. The van der Waals surface area contributed by atoms with Crippen molar-refractivity contribution in [3.63, 3.8) is 0 Å². The molecule has 0 aliphatic rings. The van der Waals surface area contributed by atoms with Crippen LogP contribution in [0.5, 0.6) is 0 Å². The molecule has 0 aliphatic heterocycles. The normalized spacial score (nSPS) is 13.1. The van der Waals surface area contributed by atoms with Gasteiger partial charge in [0.2, 0.25) is 0 Å². The molecule has 3 N–H and O–H groups in total. The first-order chi connectivity index (χ1) is 7.70. The van der Waals surface area contributed by atoms with E-state index in [1.807, 2.05) is 0 Å². The van der Waals surface area contributed by atoms with E-state index >= 15 is 0 Å².